The molecule has 0 amide bonds. The van der Waals surface area contributed by atoms with Crippen LogP contribution in [0.1, 0.15) is 15.9 Å². The van der Waals surface area contributed by atoms with Gasteiger partial charge in [-0.2, -0.15) is 0 Å². The average molecular weight is 195 g/mol. The van der Waals surface area contributed by atoms with E-state index in [1.54, 1.807) is 0 Å². The minimum absolute atomic E-state index is 0.0412. The highest BCUT2D eigenvalue weighted by Gasteiger charge is 2.08. The maximum Gasteiger partial charge on any atom is 0.335 e. The molecule has 0 saturated carbocycles. The lowest BCUT2D eigenvalue weighted by atomic mass is 10.1. The van der Waals surface area contributed by atoms with Crippen LogP contribution in [0, 0.1) is 4.91 Å². The fourth-order valence-corrected chi connectivity index (χ4v) is 1.06. The van der Waals surface area contributed by atoms with Gasteiger partial charge in [-0.15, -0.1) is 4.91 Å². The molecule has 5 nitrogen and oxygen atoms in total. The van der Waals surface area contributed by atoms with Crippen molar-refractivity contribution < 1.29 is 14.6 Å². The predicted octanol–water partition coefficient (Wildman–Crippen LogP) is 1.93. The van der Waals surface area contributed by atoms with Gasteiger partial charge in [-0.25, -0.2) is 4.79 Å². The van der Waals surface area contributed by atoms with Crippen LogP contribution in [0.15, 0.2) is 23.4 Å². The van der Waals surface area contributed by atoms with Gasteiger partial charge in [-0.05, 0) is 17.3 Å². The Kier molecular flexibility index (Phi) is 3.30. The third-order valence-electron chi connectivity index (χ3n) is 1.73. The highest BCUT2D eigenvalue weighted by atomic mass is 16.5. The topological polar surface area (TPSA) is 76.0 Å². The van der Waals surface area contributed by atoms with Crippen LogP contribution < -0.4 is 0 Å². The summed E-state index contributed by atoms with van der Waals surface area (Å²) >= 11 is 0. The van der Waals surface area contributed by atoms with E-state index in [0.29, 0.717) is 5.56 Å². The standard InChI is InChI=1S/C9H9NO4/c1-14-5-7-3-2-6(9(11)12)4-8(7)10-13/h2-4H,5H2,1H3,(H,11,12). The summed E-state index contributed by atoms with van der Waals surface area (Å²) in [4.78, 5) is 20.9. The zero-order chi connectivity index (χ0) is 10.6. The Hall–Kier alpha value is -1.75. The summed E-state index contributed by atoms with van der Waals surface area (Å²) in [6, 6.07) is 4.15. The van der Waals surface area contributed by atoms with E-state index < -0.39 is 5.97 Å². The molecule has 0 aromatic heterocycles. The van der Waals surface area contributed by atoms with Gasteiger partial charge in [0.2, 0.25) is 0 Å². The zero-order valence-corrected chi connectivity index (χ0v) is 7.56. The number of methoxy groups -OCH3 is 1. The maximum atomic E-state index is 10.6. The van der Waals surface area contributed by atoms with E-state index >= 15 is 0 Å². The van der Waals surface area contributed by atoms with Crippen LogP contribution >= 0.6 is 0 Å². The fraction of sp³-hybridized carbons (Fsp3) is 0.222. The lowest BCUT2D eigenvalue weighted by Gasteiger charge is -2.02. The number of carbonyl (C=O) groups is 1. The molecule has 1 aromatic carbocycles. The number of carboxylic acids is 1. The third-order valence-corrected chi connectivity index (χ3v) is 1.73. The summed E-state index contributed by atoms with van der Waals surface area (Å²) in [5.74, 6) is -1.08. The first-order valence-corrected chi connectivity index (χ1v) is 3.87. The minimum atomic E-state index is -1.08. The van der Waals surface area contributed by atoms with Crippen molar-refractivity contribution in [1.29, 1.82) is 0 Å². The summed E-state index contributed by atoms with van der Waals surface area (Å²) in [7, 11) is 1.49. The van der Waals surface area contributed by atoms with Gasteiger partial charge in [-0.3, -0.25) is 0 Å². The van der Waals surface area contributed by atoms with E-state index in [4.69, 9.17) is 9.84 Å². The van der Waals surface area contributed by atoms with Gasteiger partial charge < -0.3 is 9.84 Å². The quantitative estimate of drug-likeness (QED) is 0.744. The second-order valence-electron chi connectivity index (χ2n) is 2.67. The SMILES string of the molecule is COCc1ccc(C(=O)O)cc1N=O. The Morgan fingerprint density at radius 1 is 1.57 bits per heavy atom. The molecule has 1 rings (SSSR count). The van der Waals surface area contributed by atoms with Crippen LogP contribution in [0.2, 0.25) is 0 Å². The van der Waals surface area contributed by atoms with Crippen LogP contribution in [0.3, 0.4) is 0 Å². The van der Waals surface area contributed by atoms with Crippen LogP contribution in [0.25, 0.3) is 0 Å². The molecule has 0 radical (unpaired) electrons. The molecule has 74 valence electrons. The molecule has 1 aromatic rings. The molecule has 0 aliphatic carbocycles. The zero-order valence-electron chi connectivity index (χ0n) is 7.56. The molecule has 0 heterocycles. The highest BCUT2D eigenvalue weighted by Crippen LogP contribution is 2.21. The number of hydrogen-bond donors (Lipinski definition) is 1. The highest BCUT2D eigenvalue weighted by molar-refractivity contribution is 5.88. The number of benzene rings is 1. The van der Waals surface area contributed by atoms with E-state index in [0.717, 1.165) is 0 Å². The van der Waals surface area contributed by atoms with Crippen molar-refractivity contribution in [3.05, 3.63) is 34.2 Å². The number of aromatic carboxylic acids is 1. The molecular weight excluding hydrogens is 186 g/mol. The van der Waals surface area contributed by atoms with Gasteiger partial charge in [-0.1, -0.05) is 6.07 Å². The lowest BCUT2D eigenvalue weighted by molar-refractivity contribution is 0.0697. The second-order valence-corrected chi connectivity index (χ2v) is 2.67. The summed E-state index contributed by atoms with van der Waals surface area (Å²) in [6.45, 7) is 0.237. The normalized spacial score (nSPS) is 9.79. The van der Waals surface area contributed by atoms with Crippen molar-refractivity contribution in [3.8, 4) is 0 Å². The summed E-state index contributed by atoms with van der Waals surface area (Å²) < 4.78 is 4.82. The van der Waals surface area contributed by atoms with Crippen molar-refractivity contribution in [2.75, 3.05) is 7.11 Å². The molecule has 5 heteroatoms. The average Bonchev–Trinajstić information content (AvgIpc) is 2.18. The molecule has 0 bridgehead atoms. The molecule has 0 saturated heterocycles. The van der Waals surface area contributed by atoms with Gasteiger partial charge in [0.15, 0.2) is 0 Å². The Morgan fingerprint density at radius 2 is 2.29 bits per heavy atom. The first-order chi connectivity index (χ1) is 6.69. The monoisotopic (exact) mass is 195 g/mol. The Morgan fingerprint density at radius 3 is 2.79 bits per heavy atom. The molecule has 1 N–H and O–H groups in total. The van der Waals surface area contributed by atoms with Crippen LogP contribution in [-0.2, 0) is 11.3 Å². The van der Waals surface area contributed by atoms with Crippen molar-refractivity contribution in [2.45, 2.75) is 6.61 Å². The molecule has 0 unspecified atom stereocenters. The number of ether oxygens (including phenoxy) is 1. The largest absolute Gasteiger partial charge is 0.478 e. The van der Waals surface area contributed by atoms with Crippen molar-refractivity contribution in [1.82, 2.24) is 0 Å². The van der Waals surface area contributed by atoms with Gasteiger partial charge in [0.25, 0.3) is 0 Å². The van der Waals surface area contributed by atoms with Gasteiger partial charge in [0, 0.05) is 12.7 Å². The number of nitrogens with zero attached hydrogens (tertiary/aromatic N) is 1. The van der Waals surface area contributed by atoms with Crippen LogP contribution in [-0.4, -0.2) is 18.2 Å². The van der Waals surface area contributed by atoms with E-state index in [1.165, 1.54) is 25.3 Å². The molecule has 14 heavy (non-hydrogen) atoms. The lowest BCUT2D eigenvalue weighted by Crippen LogP contribution is -1.97. The smallest absolute Gasteiger partial charge is 0.335 e. The summed E-state index contributed by atoms with van der Waals surface area (Å²) in [5, 5.41) is 11.4. The van der Waals surface area contributed by atoms with Crippen molar-refractivity contribution >= 4 is 11.7 Å². The van der Waals surface area contributed by atoms with E-state index in [2.05, 4.69) is 5.18 Å². The molecule has 0 aliphatic heterocycles. The first-order valence-electron chi connectivity index (χ1n) is 3.87. The fourth-order valence-electron chi connectivity index (χ4n) is 1.06. The third kappa shape index (κ3) is 2.14. The maximum absolute atomic E-state index is 10.6. The number of rotatable bonds is 4. The Labute approximate surface area is 80.3 Å². The van der Waals surface area contributed by atoms with Crippen LogP contribution in [0.4, 0.5) is 5.69 Å². The second kappa shape index (κ2) is 4.48. The summed E-state index contributed by atoms with van der Waals surface area (Å²) in [6.07, 6.45) is 0. The predicted molar refractivity (Wildman–Crippen MR) is 49.6 cm³/mol. The van der Waals surface area contributed by atoms with Crippen molar-refractivity contribution in [3.63, 3.8) is 0 Å². The van der Waals surface area contributed by atoms with E-state index in [-0.39, 0.29) is 17.9 Å². The Bertz CT molecular complexity index is 362. The molecule has 0 atom stereocenters. The van der Waals surface area contributed by atoms with Crippen LogP contribution in [0.5, 0.6) is 0 Å². The van der Waals surface area contributed by atoms with Gasteiger partial charge >= 0.3 is 5.97 Å². The minimum Gasteiger partial charge on any atom is -0.478 e. The summed E-state index contributed by atoms with van der Waals surface area (Å²) in [5.41, 5.74) is 0.721. The van der Waals surface area contributed by atoms with Gasteiger partial charge in [0.1, 0.15) is 5.69 Å². The van der Waals surface area contributed by atoms with E-state index in [1.807, 2.05) is 0 Å². The number of carboxylic acid groups (broad SMARTS) is 1. The molecular formula is C9H9NO4. The van der Waals surface area contributed by atoms with Crippen molar-refractivity contribution in [2.24, 2.45) is 5.18 Å². The van der Waals surface area contributed by atoms with E-state index in [9.17, 15) is 9.70 Å². The molecule has 0 spiro atoms. The Balaban J connectivity index is 3.11. The first kappa shape index (κ1) is 10.3. The number of nitroso groups, excluding NO2 is 1. The molecule has 0 aliphatic rings. The number of hydrogen-bond acceptors (Lipinski definition) is 4. The molecule has 0 fully saturated rings. The van der Waals surface area contributed by atoms with Gasteiger partial charge in [0.05, 0.1) is 12.2 Å².